The van der Waals surface area contributed by atoms with Crippen molar-refractivity contribution in [2.24, 2.45) is 0 Å². The standard InChI is InChI=1S/C22H18Br2N2O2S/c23-16-6-9-18(10-7-16)25-22(29)26-21(27)19-14-17(24)8-11-20(19)28-13-12-15-4-2-1-3-5-15/h1-11,14H,12-13H2,(H2,25,26,27,29). The molecule has 1 amide bonds. The Balaban J connectivity index is 1.63. The van der Waals surface area contributed by atoms with Gasteiger partial charge in [0, 0.05) is 21.1 Å². The van der Waals surface area contributed by atoms with Crippen molar-refractivity contribution in [1.82, 2.24) is 5.32 Å². The minimum atomic E-state index is -0.337. The van der Waals surface area contributed by atoms with Gasteiger partial charge in [-0.1, -0.05) is 62.2 Å². The molecule has 0 aromatic heterocycles. The predicted octanol–water partition coefficient (Wildman–Crippen LogP) is 5.96. The van der Waals surface area contributed by atoms with Crippen molar-refractivity contribution >= 4 is 60.8 Å². The maximum atomic E-state index is 12.8. The number of carbonyl (C=O) groups excluding carboxylic acids is 1. The highest BCUT2D eigenvalue weighted by atomic mass is 79.9. The van der Waals surface area contributed by atoms with Gasteiger partial charge in [-0.2, -0.15) is 0 Å². The Morgan fingerprint density at radius 1 is 0.931 bits per heavy atom. The van der Waals surface area contributed by atoms with Crippen LogP contribution in [0.5, 0.6) is 5.75 Å². The third kappa shape index (κ3) is 6.66. The average Bonchev–Trinajstić information content (AvgIpc) is 2.71. The van der Waals surface area contributed by atoms with E-state index in [0.29, 0.717) is 17.9 Å². The van der Waals surface area contributed by atoms with E-state index in [9.17, 15) is 4.79 Å². The lowest BCUT2D eigenvalue weighted by Gasteiger charge is -2.14. The first kappa shape index (κ1) is 21.5. The first-order valence-corrected chi connectivity index (χ1v) is 10.8. The molecule has 0 saturated carbocycles. The summed E-state index contributed by atoms with van der Waals surface area (Å²) >= 11 is 12.1. The number of carbonyl (C=O) groups is 1. The molecule has 3 aromatic carbocycles. The molecule has 0 fully saturated rings. The van der Waals surface area contributed by atoms with Crippen LogP contribution < -0.4 is 15.4 Å². The second-order valence-corrected chi connectivity index (χ2v) is 8.38. The molecule has 4 nitrogen and oxygen atoms in total. The SMILES string of the molecule is O=C(NC(=S)Nc1ccc(Br)cc1)c1cc(Br)ccc1OCCc1ccccc1. The van der Waals surface area contributed by atoms with Crippen molar-refractivity contribution in [3.05, 3.63) is 92.9 Å². The second kappa shape index (κ2) is 10.5. The van der Waals surface area contributed by atoms with Crippen molar-refractivity contribution in [2.75, 3.05) is 11.9 Å². The first-order chi connectivity index (χ1) is 14.0. The van der Waals surface area contributed by atoms with Crippen molar-refractivity contribution in [3.8, 4) is 5.75 Å². The van der Waals surface area contributed by atoms with Gasteiger partial charge in [-0.05, 0) is 60.2 Å². The van der Waals surface area contributed by atoms with Crippen molar-refractivity contribution < 1.29 is 9.53 Å². The molecule has 0 atom stereocenters. The fourth-order valence-corrected chi connectivity index (χ4v) is 3.43. The Labute approximate surface area is 191 Å². The van der Waals surface area contributed by atoms with Crippen LogP contribution in [-0.4, -0.2) is 17.6 Å². The van der Waals surface area contributed by atoms with Crippen LogP contribution in [0.15, 0.2) is 81.7 Å². The van der Waals surface area contributed by atoms with E-state index in [1.807, 2.05) is 60.7 Å². The van der Waals surface area contributed by atoms with Crippen LogP contribution in [-0.2, 0) is 6.42 Å². The minimum absolute atomic E-state index is 0.215. The Hall–Kier alpha value is -2.22. The molecule has 0 aliphatic carbocycles. The largest absolute Gasteiger partial charge is 0.492 e. The van der Waals surface area contributed by atoms with Gasteiger partial charge in [0.15, 0.2) is 5.11 Å². The molecule has 0 unspecified atom stereocenters. The Bertz CT molecular complexity index is 995. The number of rotatable bonds is 6. The molecule has 148 valence electrons. The van der Waals surface area contributed by atoms with Crippen LogP contribution in [0.3, 0.4) is 0 Å². The summed E-state index contributed by atoms with van der Waals surface area (Å²) in [6, 6.07) is 22.9. The van der Waals surface area contributed by atoms with Crippen molar-refractivity contribution in [1.29, 1.82) is 0 Å². The highest BCUT2D eigenvalue weighted by Gasteiger charge is 2.15. The molecular formula is C22H18Br2N2O2S. The summed E-state index contributed by atoms with van der Waals surface area (Å²) in [4.78, 5) is 12.8. The van der Waals surface area contributed by atoms with Crippen LogP contribution in [0.4, 0.5) is 5.69 Å². The van der Waals surface area contributed by atoms with Gasteiger partial charge >= 0.3 is 0 Å². The van der Waals surface area contributed by atoms with Crippen LogP contribution in [0.2, 0.25) is 0 Å². The van der Waals surface area contributed by atoms with Crippen LogP contribution >= 0.6 is 44.1 Å². The van der Waals surface area contributed by atoms with Crippen LogP contribution in [0, 0.1) is 0 Å². The predicted molar refractivity (Wildman–Crippen MR) is 128 cm³/mol. The first-order valence-electron chi connectivity index (χ1n) is 8.85. The molecule has 3 rings (SSSR count). The van der Waals surface area contributed by atoms with E-state index in [1.165, 1.54) is 5.56 Å². The van der Waals surface area contributed by atoms with Crippen molar-refractivity contribution in [3.63, 3.8) is 0 Å². The number of halogens is 2. The lowest BCUT2D eigenvalue weighted by atomic mass is 10.1. The Morgan fingerprint density at radius 3 is 2.34 bits per heavy atom. The van der Waals surface area contributed by atoms with E-state index in [1.54, 1.807) is 12.1 Å². The topological polar surface area (TPSA) is 50.4 Å². The van der Waals surface area contributed by atoms with Gasteiger partial charge in [-0.25, -0.2) is 0 Å². The van der Waals surface area contributed by atoms with Gasteiger partial charge in [0.05, 0.1) is 12.2 Å². The second-order valence-electron chi connectivity index (χ2n) is 6.14. The molecule has 0 radical (unpaired) electrons. The number of nitrogens with one attached hydrogen (secondary N) is 2. The monoisotopic (exact) mass is 532 g/mol. The zero-order chi connectivity index (χ0) is 20.6. The highest BCUT2D eigenvalue weighted by Crippen LogP contribution is 2.24. The van der Waals surface area contributed by atoms with Crippen LogP contribution in [0.1, 0.15) is 15.9 Å². The fourth-order valence-electron chi connectivity index (χ4n) is 2.60. The maximum Gasteiger partial charge on any atom is 0.261 e. The molecule has 0 saturated heterocycles. The van der Waals surface area contributed by atoms with E-state index in [0.717, 1.165) is 21.1 Å². The number of hydrogen-bond acceptors (Lipinski definition) is 3. The lowest BCUT2D eigenvalue weighted by Crippen LogP contribution is -2.34. The van der Waals surface area contributed by atoms with Gasteiger partial charge in [0.25, 0.3) is 5.91 Å². The third-order valence-electron chi connectivity index (χ3n) is 4.01. The van der Waals surface area contributed by atoms with E-state index in [2.05, 4.69) is 42.5 Å². The molecular weight excluding hydrogens is 516 g/mol. The summed E-state index contributed by atoms with van der Waals surface area (Å²) < 4.78 is 7.62. The van der Waals surface area contributed by atoms with E-state index in [-0.39, 0.29) is 11.0 Å². The zero-order valence-electron chi connectivity index (χ0n) is 15.3. The zero-order valence-corrected chi connectivity index (χ0v) is 19.3. The number of thiocarbonyl (C=S) groups is 1. The normalized spacial score (nSPS) is 10.3. The summed E-state index contributed by atoms with van der Waals surface area (Å²) in [7, 11) is 0. The average molecular weight is 534 g/mol. The van der Waals surface area contributed by atoms with Gasteiger partial charge in [0.1, 0.15) is 5.75 Å². The van der Waals surface area contributed by atoms with E-state index in [4.69, 9.17) is 17.0 Å². The number of ether oxygens (including phenoxy) is 1. The van der Waals surface area contributed by atoms with Gasteiger partial charge in [0.2, 0.25) is 0 Å². The van der Waals surface area contributed by atoms with Crippen molar-refractivity contribution in [2.45, 2.75) is 6.42 Å². The Morgan fingerprint density at radius 2 is 1.62 bits per heavy atom. The van der Waals surface area contributed by atoms with E-state index >= 15 is 0 Å². The van der Waals surface area contributed by atoms with Gasteiger partial charge in [-0.3, -0.25) is 10.1 Å². The summed E-state index contributed by atoms with van der Waals surface area (Å²) in [5.74, 6) is 0.170. The molecule has 0 heterocycles. The molecule has 0 aliphatic rings. The molecule has 0 bridgehead atoms. The number of amides is 1. The minimum Gasteiger partial charge on any atom is -0.492 e. The molecule has 0 spiro atoms. The summed E-state index contributed by atoms with van der Waals surface area (Å²) in [5.41, 5.74) is 2.37. The van der Waals surface area contributed by atoms with Gasteiger partial charge in [-0.15, -0.1) is 0 Å². The third-order valence-corrected chi connectivity index (χ3v) is 5.23. The molecule has 2 N–H and O–H groups in total. The Kier molecular flexibility index (Phi) is 7.80. The molecule has 0 aliphatic heterocycles. The maximum absolute atomic E-state index is 12.8. The van der Waals surface area contributed by atoms with Crippen LogP contribution in [0.25, 0.3) is 0 Å². The summed E-state index contributed by atoms with van der Waals surface area (Å²) in [6.45, 7) is 0.466. The molecule has 3 aromatic rings. The summed E-state index contributed by atoms with van der Waals surface area (Å²) in [5, 5.41) is 5.91. The van der Waals surface area contributed by atoms with E-state index < -0.39 is 0 Å². The lowest BCUT2D eigenvalue weighted by molar-refractivity contribution is 0.0973. The molecule has 7 heteroatoms. The number of hydrogen-bond donors (Lipinski definition) is 2. The summed E-state index contributed by atoms with van der Waals surface area (Å²) in [6.07, 6.45) is 0.751. The number of anilines is 1. The quantitative estimate of drug-likeness (QED) is 0.384. The smallest absolute Gasteiger partial charge is 0.261 e. The van der Waals surface area contributed by atoms with Gasteiger partial charge < -0.3 is 10.1 Å². The highest BCUT2D eigenvalue weighted by molar-refractivity contribution is 9.10. The fraction of sp³-hybridized carbons (Fsp3) is 0.0909. The molecule has 29 heavy (non-hydrogen) atoms. The number of benzene rings is 3.